The number of halogens is 1. The lowest BCUT2D eigenvalue weighted by molar-refractivity contribution is 0.0972. The van der Waals surface area contributed by atoms with Crippen molar-refractivity contribution in [2.45, 2.75) is 32.9 Å². The molecule has 8 heteroatoms. The molecule has 136 valence electrons. The number of likely N-dealkylation sites (N-methyl/N-ethyl adjacent to an activating group) is 1. The predicted octanol–water partition coefficient (Wildman–Crippen LogP) is 1.49. The largest absolute Gasteiger partial charge is 0.454 e. The number of hydrogen-bond acceptors (Lipinski definition) is 4. The van der Waals surface area contributed by atoms with Crippen LogP contribution in [0.2, 0.25) is 0 Å². The van der Waals surface area contributed by atoms with Gasteiger partial charge in [-0.05, 0) is 31.6 Å². The number of nitrogens with two attached hydrogens (primary N) is 1. The summed E-state index contributed by atoms with van der Waals surface area (Å²) in [5.41, 5.74) is 5.19. The third-order valence-corrected chi connectivity index (χ3v) is 4.33. The number of primary amides is 1. The number of hydrogen-bond donors (Lipinski definition) is 2. The number of furan rings is 1. The van der Waals surface area contributed by atoms with E-state index in [9.17, 15) is 4.79 Å². The number of amides is 1. The number of carbonyl (C=O) groups is 1. The van der Waals surface area contributed by atoms with Crippen LogP contribution in [0.4, 0.5) is 0 Å². The minimum absolute atomic E-state index is 0. The minimum atomic E-state index is -0.553. The lowest BCUT2D eigenvalue weighted by atomic mass is 10.2. The summed E-state index contributed by atoms with van der Waals surface area (Å²) in [4.78, 5) is 20.1. The number of nitrogens with one attached hydrogen (secondary N) is 1. The standard InChI is InChI=1S/C16H27N5O2.HI/c1-4-20(5-2)12-8-9-21(11-12)16(18-3)19-10-13-6-7-14(23-13)15(17)22;/h6-7,12H,4-5,8-11H2,1-3H3,(H2,17,22)(H,18,19);1H. The molecule has 3 N–H and O–H groups in total. The quantitative estimate of drug-likeness (QED) is 0.391. The zero-order valence-corrected chi connectivity index (χ0v) is 16.9. The Kier molecular flexibility index (Phi) is 8.54. The van der Waals surface area contributed by atoms with Gasteiger partial charge in [0.15, 0.2) is 11.7 Å². The molecule has 1 atom stereocenters. The van der Waals surface area contributed by atoms with Crippen LogP contribution in [-0.2, 0) is 6.54 Å². The third kappa shape index (κ3) is 5.10. The molecule has 1 aliphatic rings. The van der Waals surface area contributed by atoms with Gasteiger partial charge in [0.05, 0.1) is 6.54 Å². The lowest BCUT2D eigenvalue weighted by Gasteiger charge is -2.27. The molecule has 0 bridgehead atoms. The Hall–Kier alpha value is -1.29. The molecule has 1 amide bonds. The monoisotopic (exact) mass is 449 g/mol. The van der Waals surface area contributed by atoms with Gasteiger partial charge in [-0.25, -0.2) is 0 Å². The van der Waals surface area contributed by atoms with Crippen LogP contribution < -0.4 is 11.1 Å². The highest BCUT2D eigenvalue weighted by Gasteiger charge is 2.28. The van der Waals surface area contributed by atoms with E-state index in [2.05, 4.69) is 34.0 Å². The van der Waals surface area contributed by atoms with Gasteiger partial charge in [0.1, 0.15) is 5.76 Å². The van der Waals surface area contributed by atoms with E-state index >= 15 is 0 Å². The van der Waals surface area contributed by atoms with Gasteiger partial charge in [-0.2, -0.15) is 0 Å². The van der Waals surface area contributed by atoms with Crippen LogP contribution >= 0.6 is 24.0 Å². The van der Waals surface area contributed by atoms with Crippen molar-refractivity contribution in [3.05, 3.63) is 23.7 Å². The van der Waals surface area contributed by atoms with Crippen LogP contribution in [0.5, 0.6) is 0 Å². The van der Waals surface area contributed by atoms with Gasteiger partial charge < -0.3 is 20.4 Å². The van der Waals surface area contributed by atoms with E-state index in [0.29, 0.717) is 18.3 Å². The molecule has 1 aromatic rings. The summed E-state index contributed by atoms with van der Waals surface area (Å²) in [5, 5.41) is 3.29. The Morgan fingerprint density at radius 3 is 2.71 bits per heavy atom. The van der Waals surface area contributed by atoms with E-state index in [1.54, 1.807) is 19.2 Å². The summed E-state index contributed by atoms with van der Waals surface area (Å²) in [6.45, 7) is 9.00. The SMILES string of the molecule is CCN(CC)C1CCN(C(=NC)NCc2ccc(C(N)=O)o2)C1.I. The highest BCUT2D eigenvalue weighted by Crippen LogP contribution is 2.16. The second-order valence-electron chi connectivity index (χ2n) is 5.64. The van der Waals surface area contributed by atoms with Crippen molar-refractivity contribution >= 4 is 35.8 Å². The maximum Gasteiger partial charge on any atom is 0.284 e. The molecule has 0 spiro atoms. The number of likely N-dealkylation sites (tertiary alicyclic amines) is 1. The van der Waals surface area contributed by atoms with Crippen LogP contribution in [0.1, 0.15) is 36.6 Å². The first-order chi connectivity index (χ1) is 11.1. The Balaban J connectivity index is 0.00000288. The van der Waals surface area contributed by atoms with Gasteiger partial charge in [-0.1, -0.05) is 13.8 Å². The average Bonchev–Trinajstić information content (AvgIpc) is 3.19. The van der Waals surface area contributed by atoms with Gasteiger partial charge in [-0.15, -0.1) is 24.0 Å². The lowest BCUT2D eigenvalue weighted by Crippen LogP contribution is -2.43. The first-order valence-corrected chi connectivity index (χ1v) is 8.17. The first kappa shape index (κ1) is 20.8. The predicted molar refractivity (Wildman–Crippen MR) is 106 cm³/mol. The summed E-state index contributed by atoms with van der Waals surface area (Å²) in [5.74, 6) is 1.15. The van der Waals surface area contributed by atoms with E-state index in [1.807, 2.05) is 0 Å². The molecule has 24 heavy (non-hydrogen) atoms. The zero-order chi connectivity index (χ0) is 16.8. The van der Waals surface area contributed by atoms with E-state index in [4.69, 9.17) is 10.2 Å². The molecular formula is C16H28IN5O2. The Labute approximate surface area is 160 Å². The molecule has 1 saturated heterocycles. The van der Waals surface area contributed by atoms with Crippen LogP contribution in [0.15, 0.2) is 21.5 Å². The van der Waals surface area contributed by atoms with Crippen LogP contribution in [0.25, 0.3) is 0 Å². The molecule has 0 aliphatic carbocycles. The van der Waals surface area contributed by atoms with Gasteiger partial charge in [0.25, 0.3) is 5.91 Å². The smallest absolute Gasteiger partial charge is 0.284 e. The van der Waals surface area contributed by atoms with Crippen LogP contribution in [-0.4, -0.2) is 60.9 Å². The minimum Gasteiger partial charge on any atom is -0.454 e. The van der Waals surface area contributed by atoms with Gasteiger partial charge in [-0.3, -0.25) is 14.7 Å². The second-order valence-corrected chi connectivity index (χ2v) is 5.64. The van der Waals surface area contributed by atoms with Crippen LogP contribution in [0, 0.1) is 0 Å². The maximum atomic E-state index is 11.0. The number of carbonyl (C=O) groups excluding carboxylic acids is 1. The molecule has 2 heterocycles. The molecule has 0 saturated carbocycles. The van der Waals surface area contributed by atoms with Gasteiger partial charge >= 0.3 is 0 Å². The van der Waals surface area contributed by atoms with Crippen LogP contribution in [0.3, 0.4) is 0 Å². The highest BCUT2D eigenvalue weighted by atomic mass is 127. The molecule has 0 radical (unpaired) electrons. The maximum absolute atomic E-state index is 11.0. The summed E-state index contributed by atoms with van der Waals surface area (Å²) < 4.78 is 5.38. The van der Waals surface area contributed by atoms with Crippen molar-refractivity contribution in [1.82, 2.24) is 15.1 Å². The van der Waals surface area contributed by atoms with Crippen molar-refractivity contribution in [1.29, 1.82) is 0 Å². The third-order valence-electron chi connectivity index (χ3n) is 4.33. The molecule has 2 rings (SSSR count). The topological polar surface area (TPSA) is 87.1 Å². The molecule has 1 fully saturated rings. The molecular weight excluding hydrogens is 421 g/mol. The summed E-state index contributed by atoms with van der Waals surface area (Å²) >= 11 is 0. The Morgan fingerprint density at radius 1 is 1.46 bits per heavy atom. The Morgan fingerprint density at radius 2 is 2.17 bits per heavy atom. The fourth-order valence-electron chi connectivity index (χ4n) is 3.08. The normalized spacial score (nSPS) is 17.9. The molecule has 1 unspecified atom stereocenters. The number of aliphatic imine (C=N–C) groups is 1. The van der Waals surface area contributed by atoms with E-state index in [0.717, 1.165) is 38.6 Å². The van der Waals surface area contributed by atoms with Crippen molar-refractivity contribution < 1.29 is 9.21 Å². The first-order valence-electron chi connectivity index (χ1n) is 8.17. The molecule has 1 aliphatic heterocycles. The van der Waals surface area contributed by atoms with E-state index in [1.165, 1.54) is 0 Å². The average molecular weight is 449 g/mol. The number of nitrogens with zero attached hydrogens (tertiary/aromatic N) is 3. The van der Waals surface area contributed by atoms with Gasteiger partial charge in [0.2, 0.25) is 0 Å². The number of guanidine groups is 1. The van der Waals surface area contributed by atoms with Gasteiger partial charge in [0, 0.05) is 26.2 Å². The van der Waals surface area contributed by atoms with Crippen molar-refractivity contribution in [2.75, 3.05) is 33.2 Å². The molecule has 7 nitrogen and oxygen atoms in total. The van der Waals surface area contributed by atoms with Crippen molar-refractivity contribution in [2.24, 2.45) is 10.7 Å². The highest BCUT2D eigenvalue weighted by molar-refractivity contribution is 14.0. The fraction of sp³-hybridized carbons (Fsp3) is 0.625. The molecule has 0 aromatic carbocycles. The van der Waals surface area contributed by atoms with Crippen molar-refractivity contribution in [3.63, 3.8) is 0 Å². The van der Waals surface area contributed by atoms with Crippen molar-refractivity contribution in [3.8, 4) is 0 Å². The second kappa shape index (κ2) is 9.87. The zero-order valence-electron chi connectivity index (χ0n) is 14.6. The summed E-state index contributed by atoms with van der Waals surface area (Å²) in [6, 6.07) is 3.92. The number of rotatable bonds is 6. The summed E-state index contributed by atoms with van der Waals surface area (Å²) in [7, 11) is 1.78. The summed E-state index contributed by atoms with van der Waals surface area (Å²) in [6.07, 6.45) is 1.15. The van der Waals surface area contributed by atoms with E-state index in [-0.39, 0.29) is 29.7 Å². The fourth-order valence-corrected chi connectivity index (χ4v) is 3.08. The van der Waals surface area contributed by atoms with E-state index < -0.39 is 5.91 Å². The Bertz CT molecular complexity index is 556. The molecule has 1 aromatic heterocycles.